The van der Waals surface area contributed by atoms with Gasteiger partial charge in [0.15, 0.2) is 11.6 Å². The van der Waals surface area contributed by atoms with E-state index in [-0.39, 0.29) is 17.4 Å². The SMILES string of the molecule is CCCN1C2=C(C(=O)CCC2)[C@@H](c2ccc(F)cc2)C2=C1c1ccccc1C2=O. The smallest absolute Gasteiger partial charge is 0.192 e. The second-order valence-electron chi connectivity index (χ2n) is 7.91. The number of fused-ring (bicyclic) bond motifs is 2. The van der Waals surface area contributed by atoms with Crippen LogP contribution in [0, 0.1) is 5.82 Å². The lowest BCUT2D eigenvalue weighted by Crippen LogP contribution is -2.35. The molecule has 1 atom stereocenters. The minimum absolute atomic E-state index is 0.0176. The van der Waals surface area contributed by atoms with Gasteiger partial charge in [-0.3, -0.25) is 9.59 Å². The lowest BCUT2D eigenvalue weighted by Gasteiger charge is -2.40. The van der Waals surface area contributed by atoms with Crippen LogP contribution in [0.25, 0.3) is 5.70 Å². The van der Waals surface area contributed by atoms with Crippen molar-refractivity contribution in [3.8, 4) is 0 Å². The van der Waals surface area contributed by atoms with Gasteiger partial charge in [-0.1, -0.05) is 43.3 Å². The molecule has 0 saturated carbocycles. The Balaban J connectivity index is 1.80. The summed E-state index contributed by atoms with van der Waals surface area (Å²) in [5, 5.41) is 0. The van der Waals surface area contributed by atoms with Crippen LogP contribution in [0.1, 0.15) is 60.0 Å². The van der Waals surface area contributed by atoms with Gasteiger partial charge in [-0.15, -0.1) is 0 Å². The molecule has 0 spiro atoms. The van der Waals surface area contributed by atoms with Crippen LogP contribution < -0.4 is 0 Å². The van der Waals surface area contributed by atoms with E-state index in [1.807, 2.05) is 24.3 Å². The largest absolute Gasteiger partial charge is 0.344 e. The first-order chi connectivity index (χ1) is 14.1. The molecule has 2 aromatic rings. The van der Waals surface area contributed by atoms with Crippen molar-refractivity contribution < 1.29 is 14.0 Å². The van der Waals surface area contributed by atoms with Gasteiger partial charge < -0.3 is 4.90 Å². The fraction of sp³-hybridized carbons (Fsp3) is 0.280. The summed E-state index contributed by atoms with van der Waals surface area (Å²) >= 11 is 0. The summed E-state index contributed by atoms with van der Waals surface area (Å²) in [5.41, 5.74) is 5.82. The molecule has 0 bridgehead atoms. The van der Waals surface area contributed by atoms with Gasteiger partial charge in [0.1, 0.15) is 5.82 Å². The van der Waals surface area contributed by atoms with Crippen molar-refractivity contribution in [3.05, 3.63) is 87.9 Å². The number of Topliss-reactive ketones (excluding diaryl/α,β-unsaturated/α-hetero) is 2. The van der Waals surface area contributed by atoms with E-state index in [1.165, 1.54) is 12.1 Å². The van der Waals surface area contributed by atoms with E-state index in [0.717, 1.165) is 53.9 Å². The Morgan fingerprint density at radius 2 is 1.69 bits per heavy atom. The summed E-state index contributed by atoms with van der Waals surface area (Å²) in [4.78, 5) is 28.8. The van der Waals surface area contributed by atoms with Gasteiger partial charge >= 0.3 is 0 Å². The van der Waals surface area contributed by atoms with Gasteiger partial charge in [-0.2, -0.15) is 0 Å². The topological polar surface area (TPSA) is 37.4 Å². The number of ketones is 2. The molecule has 29 heavy (non-hydrogen) atoms. The number of benzene rings is 2. The second-order valence-corrected chi connectivity index (χ2v) is 7.91. The number of rotatable bonds is 3. The Bertz CT molecular complexity index is 1090. The summed E-state index contributed by atoms with van der Waals surface area (Å²) < 4.78 is 13.6. The minimum Gasteiger partial charge on any atom is -0.344 e. The van der Waals surface area contributed by atoms with E-state index in [0.29, 0.717) is 17.6 Å². The summed E-state index contributed by atoms with van der Waals surface area (Å²) in [6.07, 6.45) is 3.07. The summed E-state index contributed by atoms with van der Waals surface area (Å²) in [7, 11) is 0. The molecule has 3 aliphatic rings. The molecule has 0 N–H and O–H groups in total. The fourth-order valence-electron chi connectivity index (χ4n) is 5.04. The number of allylic oxidation sites excluding steroid dienone is 3. The first-order valence-electron chi connectivity index (χ1n) is 10.3. The zero-order valence-corrected chi connectivity index (χ0v) is 16.4. The van der Waals surface area contributed by atoms with Gasteiger partial charge in [-0.05, 0) is 37.0 Å². The second kappa shape index (κ2) is 6.80. The van der Waals surface area contributed by atoms with E-state index in [1.54, 1.807) is 12.1 Å². The lowest BCUT2D eigenvalue weighted by atomic mass is 9.74. The highest BCUT2D eigenvalue weighted by molar-refractivity contribution is 6.23. The van der Waals surface area contributed by atoms with Gasteiger partial charge in [-0.25, -0.2) is 4.39 Å². The Morgan fingerprint density at radius 3 is 2.41 bits per heavy atom. The number of nitrogens with zero attached hydrogens (tertiary/aromatic N) is 1. The molecule has 0 unspecified atom stereocenters. The number of hydrogen-bond acceptors (Lipinski definition) is 3. The average molecular weight is 387 g/mol. The first-order valence-corrected chi connectivity index (χ1v) is 10.3. The van der Waals surface area contributed by atoms with Crippen molar-refractivity contribution in [2.24, 2.45) is 0 Å². The van der Waals surface area contributed by atoms with Crippen LogP contribution in [-0.2, 0) is 4.79 Å². The van der Waals surface area contributed by atoms with Crippen LogP contribution in [-0.4, -0.2) is 23.0 Å². The van der Waals surface area contributed by atoms with Crippen LogP contribution in [0.2, 0.25) is 0 Å². The third kappa shape index (κ3) is 2.62. The molecule has 0 aromatic heterocycles. The van der Waals surface area contributed by atoms with Crippen molar-refractivity contribution >= 4 is 17.3 Å². The monoisotopic (exact) mass is 387 g/mol. The van der Waals surface area contributed by atoms with Gasteiger partial charge in [0, 0.05) is 46.9 Å². The molecule has 3 nitrogen and oxygen atoms in total. The highest BCUT2D eigenvalue weighted by atomic mass is 19.1. The first kappa shape index (κ1) is 18.0. The maximum atomic E-state index is 13.6. The predicted octanol–water partition coefficient (Wildman–Crippen LogP) is 5.25. The fourth-order valence-corrected chi connectivity index (χ4v) is 5.04. The molecule has 4 heteroatoms. The summed E-state index contributed by atoms with van der Waals surface area (Å²) in [5.74, 6) is -0.661. The molecule has 0 fully saturated rings. The zero-order valence-electron chi connectivity index (χ0n) is 16.4. The normalized spacial score (nSPS) is 20.8. The quantitative estimate of drug-likeness (QED) is 0.722. The predicted molar refractivity (Wildman–Crippen MR) is 110 cm³/mol. The van der Waals surface area contributed by atoms with Crippen molar-refractivity contribution in [2.45, 2.75) is 38.5 Å². The highest BCUT2D eigenvalue weighted by Gasteiger charge is 2.46. The minimum atomic E-state index is -0.429. The number of carbonyl (C=O) groups excluding carboxylic acids is 2. The molecule has 0 saturated heterocycles. The standard InChI is InChI=1S/C25H22FNO2/c1-2-14-27-19-8-5-9-20(28)22(19)21(15-10-12-16(26)13-11-15)23-24(27)17-6-3-4-7-18(17)25(23)29/h3-4,6-7,10-13,21H,2,5,8-9,14H2,1H3/t21-/m1/s1. The molecule has 1 aliphatic heterocycles. The van der Waals surface area contributed by atoms with Gasteiger partial charge in [0.2, 0.25) is 0 Å². The van der Waals surface area contributed by atoms with Crippen LogP contribution in [0.4, 0.5) is 4.39 Å². The van der Waals surface area contributed by atoms with Crippen LogP contribution in [0.3, 0.4) is 0 Å². The molecular formula is C25H22FNO2. The third-order valence-electron chi connectivity index (χ3n) is 6.18. The zero-order chi connectivity index (χ0) is 20.1. The molecule has 146 valence electrons. The van der Waals surface area contributed by atoms with E-state index in [9.17, 15) is 14.0 Å². The van der Waals surface area contributed by atoms with Crippen LogP contribution in [0.5, 0.6) is 0 Å². The molecule has 2 aromatic carbocycles. The number of hydrogen-bond donors (Lipinski definition) is 0. The number of carbonyl (C=O) groups is 2. The Labute approximate surface area is 169 Å². The molecule has 0 amide bonds. The van der Waals surface area contributed by atoms with Crippen molar-refractivity contribution in [1.29, 1.82) is 0 Å². The van der Waals surface area contributed by atoms with Crippen LogP contribution >= 0.6 is 0 Å². The molecule has 5 rings (SSSR count). The van der Waals surface area contributed by atoms with Crippen molar-refractivity contribution in [2.75, 3.05) is 6.54 Å². The van der Waals surface area contributed by atoms with E-state index >= 15 is 0 Å². The average Bonchev–Trinajstić information content (AvgIpc) is 3.03. The van der Waals surface area contributed by atoms with E-state index in [2.05, 4.69) is 11.8 Å². The molecular weight excluding hydrogens is 365 g/mol. The van der Waals surface area contributed by atoms with E-state index in [4.69, 9.17) is 0 Å². The highest BCUT2D eigenvalue weighted by Crippen LogP contribution is 2.52. The summed E-state index contributed by atoms with van der Waals surface area (Å²) in [6.45, 7) is 2.88. The Hall–Kier alpha value is -3.01. The van der Waals surface area contributed by atoms with Crippen LogP contribution in [0.15, 0.2) is 65.4 Å². The van der Waals surface area contributed by atoms with E-state index < -0.39 is 5.92 Å². The van der Waals surface area contributed by atoms with Gasteiger partial charge in [0.25, 0.3) is 0 Å². The third-order valence-corrected chi connectivity index (χ3v) is 6.18. The molecule has 1 heterocycles. The molecule has 2 aliphatic carbocycles. The van der Waals surface area contributed by atoms with Crippen molar-refractivity contribution in [3.63, 3.8) is 0 Å². The summed E-state index contributed by atoms with van der Waals surface area (Å²) in [6, 6.07) is 13.9. The maximum Gasteiger partial charge on any atom is 0.192 e. The van der Waals surface area contributed by atoms with Gasteiger partial charge in [0.05, 0.1) is 5.70 Å². The van der Waals surface area contributed by atoms with Crippen molar-refractivity contribution in [1.82, 2.24) is 4.90 Å². The molecule has 0 radical (unpaired) electrons. The number of halogens is 1. The lowest BCUT2D eigenvalue weighted by molar-refractivity contribution is -0.116. The maximum absolute atomic E-state index is 13.6. The Kier molecular flexibility index (Phi) is 4.23. The Morgan fingerprint density at radius 1 is 0.966 bits per heavy atom.